The molecule has 0 aromatic heterocycles. The molecule has 0 atom stereocenters. The highest BCUT2D eigenvalue weighted by Crippen LogP contribution is 2.33. The van der Waals surface area contributed by atoms with Crippen LogP contribution >= 0.6 is 11.6 Å². The first-order chi connectivity index (χ1) is 9.15. The zero-order chi connectivity index (χ0) is 13.8. The number of hydrogen-bond acceptors (Lipinski definition) is 1. The summed E-state index contributed by atoms with van der Waals surface area (Å²) in [6.07, 6.45) is 6.37. The van der Waals surface area contributed by atoms with Crippen molar-refractivity contribution in [2.24, 2.45) is 5.92 Å². The highest BCUT2D eigenvalue weighted by Gasteiger charge is 2.24. The predicted octanol–water partition coefficient (Wildman–Crippen LogP) is 4.97. The zero-order valence-electron chi connectivity index (χ0n) is 11.8. The Morgan fingerprint density at radius 1 is 1.26 bits per heavy atom. The Morgan fingerprint density at radius 3 is 2.53 bits per heavy atom. The lowest BCUT2D eigenvalue weighted by atomic mass is 9.84. The lowest BCUT2D eigenvalue weighted by Gasteiger charge is -2.36. The van der Waals surface area contributed by atoms with Crippen molar-refractivity contribution in [3.63, 3.8) is 0 Å². The maximum atomic E-state index is 13.3. The van der Waals surface area contributed by atoms with Gasteiger partial charge in [0.05, 0.1) is 0 Å². The van der Waals surface area contributed by atoms with E-state index in [0.29, 0.717) is 11.9 Å². The van der Waals surface area contributed by atoms with Gasteiger partial charge in [0.25, 0.3) is 0 Å². The zero-order valence-corrected chi connectivity index (χ0v) is 12.6. The van der Waals surface area contributed by atoms with E-state index in [-0.39, 0.29) is 5.82 Å². The first-order valence-electron chi connectivity index (χ1n) is 7.23. The number of nitrogens with zero attached hydrogens (tertiary/aromatic N) is 1. The van der Waals surface area contributed by atoms with E-state index in [2.05, 4.69) is 18.9 Å². The fourth-order valence-corrected chi connectivity index (χ4v) is 3.36. The van der Waals surface area contributed by atoms with Crippen LogP contribution in [0.3, 0.4) is 0 Å². The van der Waals surface area contributed by atoms with Crippen molar-refractivity contribution in [3.05, 3.63) is 29.6 Å². The average Bonchev–Trinajstić information content (AvgIpc) is 2.46. The number of benzene rings is 1. The van der Waals surface area contributed by atoms with E-state index in [0.717, 1.165) is 17.2 Å². The summed E-state index contributed by atoms with van der Waals surface area (Å²) < 4.78 is 13.3. The van der Waals surface area contributed by atoms with E-state index < -0.39 is 0 Å². The summed E-state index contributed by atoms with van der Waals surface area (Å²) in [5, 5.41) is 0. The largest absolute Gasteiger partial charge is 0.371 e. The molecule has 0 heterocycles. The van der Waals surface area contributed by atoms with Crippen molar-refractivity contribution in [1.82, 2.24) is 0 Å². The van der Waals surface area contributed by atoms with Crippen LogP contribution in [0.1, 0.15) is 44.6 Å². The Hall–Kier alpha value is -0.760. The van der Waals surface area contributed by atoms with Gasteiger partial charge < -0.3 is 4.90 Å². The summed E-state index contributed by atoms with van der Waals surface area (Å²) in [4.78, 5) is 2.29. The maximum absolute atomic E-state index is 13.3. The molecule has 0 N–H and O–H groups in total. The molecule has 0 saturated heterocycles. The molecular weight excluding hydrogens is 261 g/mol. The SMILES string of the molecule is CCC1CCC(N(C)c2ccc(F)cc2CCl)CC1. The number of alkyl halides is 1. The summed E-state index contributed by atoms with van der Waals surface area (Å²) in [6, 6.07) is 5.50. The molecule has 106 valence electrons. The molecule has 1 aliphatic carbocycles. The predicted molar refractivity (Wildman–Crippen MR) is 80.4 cm³/mol. The Balaban J connectivity index is 2.09. The maximum Gasteiger partial charge on any atom is 0.123 e. The van der Waals surface area contributed by atoms with Crippen LogP contribution in [0, 0.1) is 11.7 Å². The van der Waals surface area contributed by atoms with Crippen molar-refractivity contribution in [3.8, 4) is 0 Å². The molecule has 1 aromatic rings. The highest BCUT2D eigenvalue weighted by molar-refractivity contribution is 6.17. The molecule has 19 heavy (non-hydrogen) atoms. The minimum absolute atomic E-state index is 0.206. The van der Waals surface area contributed by atoms with Crippen LogP contribution in [0.4, 0.5) is 10.1 Å². The van der Waals surface area contributed by atoms with Crippen LogP contribution < -0.4 is 4.90 Å². The van der Waals surface area contributed by atoms with E-state index in [1.807, 2.05) is 6.07 Å². The van der Waals surface area contributed by atoms with Crippen LogP contribution in [-0.4, -0.2) is 13.1 Å². The van der Waals surface area contributed by atoms with Gasteiger partial charge in [0.15, 0.2) is 0 Å². The van der Waals surface area contributed by atoms with Crippen molar-refractivity contribution in [2.45, 2.75) is 50.9 Å². The van der Waals surface area contributed by atoms with Gasteiger partial charge in [-0.15, -0.1) is 11.6 Å². The molecule has 1 fully saturated rings. The van der Waals surface area contributed by atoms with E-state index in [1.54, 1.807) is 6.07 Å². The standard InChI is InChI=1S/C16H23ClFN/c1-3-12-4-7-15(8-5-12)19(2)16-9-6-14(18)10-13(16)11-17/h6,9-10,12,15H,3-5,7-8,11H2,1-2H3. The van der Waals surface area contributed by atoms with Crippen molar-refractivity contribution in [2.75, 3.05) is 11.9 Å². The normalized spacial score (nSPS) is 23.4. The average molecular weight is 284 g/mol. The van der Waals surface area contributed by atoms with Gasteiger partial charge in [-0.25, -0.2) is 4.39 Å². The number of hydrogen-bond donors (Lipinski definition) is 0. The van der Waals surface area contributed by atoms with Gasteiger partial charge in [-0.2, -0.15) is 0 Å². The van der Waals surface area contributed by atoms with Gasteiger partial charge in [-0.1, -0.05) is 13.3 Å². The van der Waals surface area contributed by atoms with Crippen LogP contribution in [-0.2, 0) is 5.88 Å². The smallest absolute Gasteiger partial charge is 0.123 e. The second-order valence-corrected chi connectivity index (χ2v) is 5.87. The highest BCUT2D eigenvalue weighted by atomic mass is 35.5. The minimum atomic E-state index is -0.206. The first kappa shape index (κ1) is 14.6. The fourth-order valence-electron chi connectivity index (χ4n) is 3.14. The summed E-state index contributed by atoms with van der Waals surface area (Å²) in [6.45, 7) is 2.28. The number of rotatable bonds is 4. The van der Waals surface area contributed by atoms with E-state index in [1.165, 1.54) is 38.2 Å². The molecule has 0 bridgehead atoms. The van der Waals surface area contributed by atoms with Crippen LogP contribution in [0.15, 0.2) is 18.2 Å². The van der Waals surface area contributed by atoms with E-state index in [9.17, 15) is 4.39 Å². The lowest BCUT2D eigenvalue weighted by Crippen LogP contribution is -2.35. The third-order valence-corrected chi connectivity index (χ3v) is 4.79. The van der Waals surface area contributed by atoms with Crippen LogP contribution in [0.5, 0.6) is 0 Å². The molecule has 0 unspecified atom stereocenters. The van der Waals surface area contributed by atoms with Crippen LogP contribution in [0.2, 0.25) is 0 Å². The molecule has 2 rings (SSSR count). The van der Waals surface area contributed by atoms with Crippen molar-refractivity contribution < 1.29 is 4.39 Å². The van der Waals surface area contributed by atoms with Crippen LogP contribution in [0.25, 0.3) is 0 Å². The molecule has 1 nitrogen and oxygen atoms in total. The van der Waals surface area contributed by atoms with Gasteiger partial charge in [-0.3, -0.25) is 0 Å². The summed E-state index contributed by atoms with van der Waals surface area (Å²) in [5.74, 6) is 1.05. The van der Waals surface area contributed by atoms with Crippen molar-refractivity contribution >= 4 is 17.3 Å². The topological polar surface area (TPSA) is 3.24 Å². The van der Waals surface area contributed by atoms with Crippen molar-refractivity contribution in [1.29, 1.82) is 0 Å². The molecule has 1 aromatic carbocycles. The molecule has 0 spiro atoms. The third kappa shape index (κ3) is 3.42. The molecule has 1 saturated carbocycles. The summed E-state index contributed by atoms with van der Waals surface area (Å²) in [5.41, 5.74) is 1.97. The molecule has 0 radical (unpaired) electrons. The molecule has 0 aliphatic heterocycles. The Labute approximate surface area is 120 Å². The quantitative estimate of drug-likeness (QED) is 0.705. The van der Waals surface area contributed by atoms with Gasteiger partial charge in [0.2, 0.25) is 0 Å². The van der Waals surface area contributed by atoms with Gasteiger partial charge in [0, 0.05) is 24.7 Å². The number of halogens is 2. The number of anilines is 1. The summed E-state index contributed by atoms with van der Waals surface area (Å²) >= 11 is 5.94. The molecule has 1 aliphatic rings. The Kier molecular flexibility index (Phi) is 5.09. The first-order valence-corrected chi connectivity index (χ1v) is 7.76. The third-order valence-electron chi connectivity index (χ3n) is 4.51. The monoisotopic (exact) mass is 283 g/mol. The molecular formula is C16H23ClFN. The second-order valence-electron chi connectivity index (χ2n) is 5.60. The lowest BCUT2D eigenvalue weighted by molar-refractivity contribution is 0.313. The minimum Gasteiger partial charge on any atom is -0.371 e. The van der Waals surface area contributed by atoms with Gasteiger partial charge >= 0.3 is 0 Å². The van der Waals surface area contributed by atoms with E-state index >= 15 is 0 Å². The second kappa shape index (κ2) is 6.60. The fraction of sp³-hybridized carbons (Fsp3) is 0.625. The summed E-state index contributed by atoms with van der Waals surface area (Å²) in [7, 11) is 2.11. The molecule has 0 amide bonds. The molecule has 3 heteroatoms. The van der Waals surface area contributed by atoms with Gasteiger partial charge in [-0.05, 0) is 55.4 Å². The van der Waals surface area contributed by atoms with E-state index in [4.69, 9.17) is 11.6 Å². The van der Waals surface area contributed by atoms with Gasteiger partial charge in [0.1, 0.15) is 5.82 Å². The Morgan fingerprint density at radius 2 is 1.95 bits per heavy atom. The Bertz CT molecular complexity index is 413.